The van der Waals surface area contributed by atoms with Gasteiger partial charge in [0.2, 0.25) is 5.91 Å². The van der Waals surface area contributed by atoms with Gasteiger partial charge in [-0.05, 0) is 12.1 Å². The van der Waals surface area contributed by atoms with E-state index in [1.165, 1.54) is 0 Å². The zero-order chi connectivity index (χ0) is 9.97. The summed E-state index contributed by atoms with van der Waals surface area (Å²) < 4.78 is 0. The van der Waals surface area contributed by atoms with Crippen LogP contribution in [0.15, 0.2) is 34.8 Å². The first kappa shape index (κ1) is 8.69. The van der Waals surface area contributed by atoms with E-state index in [2.05, 4.69) is 4.99 Å². The van der Waals surface area contributed by atoms with E-state index in [-0.39, 0.29) is 5.91 Å². The predicted octanol–water partition coefficient (Wildman–Crippen LogP) is 1.66. The minimum atomic E-state index is -0.381. The normalized spacial score (nSPS) is 14.1. The molecule has 3 heteroatoms. The van der Waals surface area contributed by atoms with Crippen molar-refractivity contribution in [2.75, 3.05) is 0 Å². The number of nitrogens with two attached hydrogens (primary N) is 1. The Morgan fingerprint density at radius 1 is 1.36 bits per heavy atom. The van der Waals surface area contributed by atoms with Gasteiger partial charge >= 0.3 is 0 Å². The monoisotopic (exact) mass is 186 g/mol. The Kier molecular flexibility index (Phi) is 2.14. The van der Waals surface area contributed by atoms with E-state index in [4.69, 9.17) is 5.73 Å². The zero-order valence-corrected chi connectivity index (χ0v) is 7.60. The Labute approximate surface area is 82.0 Å². The van der Waals surface area contributed by atoms with E-state index >= 15 is 0 Å². The van der Waals surface area contributed by atoms with Gasteiger partial charge in [-0.2, -0.15) is 0 Å². The van der Waals surface area contributed by atoms with Crippen molar-refractivity contribution in [3.05, 3.63) is 35.4 Å². The van der Waals surface area contributed by atoms with Crippen LogP contribution in [0, 0.1) is 0 Å². The Morgan fingerprint density at radius 3 is 2.93 bits per heavy atom. The van der Waals surface area contributed by atoms with Gasteiger partial charge in [0, 0.05) is 23.8 Å². The molecule has 14 heavy (non-hydrogen) atoms. The molecule has 0 atom stereocenters. The lowest BCUT2D eigenvalue weighted by Gasteiger charge is -1.98. The minimum Gasteiger partial charge on any atom is -0.366 e. The first-order chi connectivity index (χ1) is 6.77. The predicted molar refractivity (Wildman–Crippen MR) is 56.4 cm³/mol. The molecule has 1 heterocycles. The highest BCUT2D eigenvalue weighted by Gasteiger charge is 2.08. The Bertz CT molecular complexity index is 433. The average Bonchev–Trinajstić information content (AvgIpc) is 2.39. The summed E-state index contributed by atoms with van der Waals surface area (Å²) in [4.78, 5) is 15.2. The van der Waals surface area contributed by atoms with Crippen molar-refractivity contribution in [2.45, 2.75) is 6.42 Å². The number of fused-ring (bicyclic) bond motifs is 1. The SMILES string of the molecule is NC(=O)C1=Cc2ccccc2N=CC1. The number of benzene rings is 1. The molecule has 0 unspecified atom stereocenters. The summed E-state index contributed by atoms with van der Waals surface area (Å²) in [6, 6.07) is 7.65. The summed E-state index contributed by atoms with van der Waals surface area (Å²) in [5.74, 6) is -0.381. The van der Waals surface area contributed by atoms with E-state index in [0.29, 0.717) is 12.0 Å². The highest BCUT2D eigenvalue weighted by atomic mass is 16.1. The number of aliphatic imine (C=N–C) groups is 1. The van der Waals surface area contributed by atoms with Crippen LogP contribution >= 0.6 is 0 Å². The molecule has 1 aliphatic heterocycles. The largest absolute Gasteiger partial charge is 0.366 e. The van der Waals surface area contributed by atoms with Crippen LogP contribution < -0.4 is 5.73 Å². The molecule has 1 aromatic rings. The quantitative estimate of drug-likeness (QED) is 0.712. The van der Waals surface area contributed by atoms with Gasteiger partial charge in [0.05, 0.1) is 5.69 Å². The van der Waals surface area contributed by atoms with E-state index < -0.39 is 0 Å². The van der Waals surface area contributed by atoms with Gasteiger partial charge in [0.15, 0.2) is 0 Å². The fraction of sp³-hybridized carbons (Fsp3) is 0.0909. The van der Waals surface area contributed by atoms with Gasteiger partial charge in [-0.3, -0.25) is 9.79 Å². The Balaban J connectivity index is 2.52. The van der Waals surface area contributed by atoms with E-state index in [9.17, 15) is 4.79 Å². The fourth-order valence-electron chi connectivity index (χ4n) is 1.39. The number of hydrogen-bond acceptors (Lipinski definition) is 2. The molecule has 0 spiro atoms. The number of rotatable bonds is 1. The molecular weight excluding hydrogens is 176 g/mol. The molecule has 0 saturated heterocycles. The molecule has 3 nitrogen and oxygen atoms in total. The molecule has 70 valence electrons. The number of para-hydroxylation sites is 1. The highest BCUT2D eigenvalue weighted by molar-refractivity contribution is 6.01. The van der Waals surface area contributed by atoms with Gasteiger partial charge in [-0.1, -0.05) is 18.2 Å². The number of hydrogen-bond donors (Lipinski definition) is 1. The molecule has 0 aliphatic carbocycles. The molecule has 0 aromatic heterocycles. The summed E-state index contributed by atoms with van der Waals surface area (Å²) in [5, 5.41) is 0. The van der Waals surface area contributed by atoms with Gasteiger partial charge in [0.1, 0.15) is 0 Å². The maximum Gasteiger partial charge on any atom is 0.245 e. The van der Waals surface area contributed by atoms with Gasteiger partial charge in [0.25, 0.3) is 0 Å². The third-order valence-corrected chi connectivity index (χ3v) is 2.12. The standard InChI is InChI=1S/C11H10N2O/c12-11(14)9-5-6-13-10-4-2-1-3-8(10)7-9/h1-4,6-7H,5H2,(H2,12,14). The maximum absolute atomic E-state index is 11.0. The van der Waals surface area contributed by atoms with Crippen LogP contribution in [0.25, 0.3) is 6.08 Å². The molecule has 0 bridgehead atoms. The molecule has 1 amide bonds. The lowest BCUT2D eigenvalue weighted by Crippen LogP contribution is -2.13. The lowest BCUT2D eigenvalue weighted by atomic mass is 10.1. The number of nitrogens with zero attached hydrogens (tertiary/aromatic N) is 1. The van der Waals surface area contributed by atoms with Crippen LogP contribution in [0.3, 0.4) is 0 Å². The van der Waals surface area contributed by atoms with Crippen molar-refractivity contribution in [1.29, 1.82) is 0 Å². The molecule has 0 saturated carbocycles. The van der Waals surface area contributed by atoms with E-state index in [1.54, 1.807) is 12.3 Å². The number of primary amides is 1. The second kappa shape index (κ2) is 3.46. The molecule has 1 aromatic carbocycles. The third-order valence-electron chi connectivity index (χ3n) is 2.12. The Morgan fingerprint density at radius 2 is 2.14 bits per heavy atom. The van der Waals surface area contributed by atoms with Gasteiger partial charge in [-0.15, -0.1) is 0 Å². The molecule has 0 fully saturated rings. The average molecular weight is 186 g/mol. The van der Waals surface area contributed by atoms with Crippen molar-refractivity contribution in [3.63, 3.8) is 0 Å². The molecule has 0 radical (unpaired) electrons. The molecule has 2 N–H and O–H groups in total. The Hall–Kier alpha value is -1.90. The van der Waals surface area contributed by atoms with Crippen LogP contribution in [0.5, 0.6) is 0 Å². The summed E-state index contributed by atoms with van der Waals surface area (Å²) in [7, 11) is 0. The van der Waals surface area contributed by atoms with Crippen LogP contribution in [0.2, 0.25) is 0 Å². The first-order valence-corrected chi connectivity index (χ1v) is 4.39. The van der Waals surface area contributed by atoms with Crippen LogP contribution in [-0.4, -0.2) is 12.1 Å². The summed E-state index contributed by atoms with van der Waals surface area (Å²) in [6.45, 7) is 0. The van der Waals surface area contributed by atoms with Gasteiger partial charge < -0.3 is 5.73 Å². The number of amides is 1. The van der Waals surface area contributed by atoms with Crippen molar-refractivity contribution < 1.29 is 4.79 Å². The fourth-order valence-corrected chi connectivity index (χ4v) is 1.39. The van der Waals surface area contributed by atoms with Crippen LogP contribution in [-0.2, 0) is 4.79 Å². The minimum absolute atomic E-state index is 0.381. The smallest absolute Gasteiger partial charge is 0.245 e. The van der Waals surface area contributed by atoms with E-state index in [1.807, 2.05) is 24.3 Å². The van der Waals surface area contributed by atoms with Crippen LogP contribution in [0.4, 0.5) is 5.69 Å². The van der Waals surface area contributed by atoms with Crippen molar-refractivity contribution >= 4 is 23.9 Å². The van der Waals surface area contributed by atoms with Crippen LogP contribution in [0.1, 0.15) is 12.0 Å². The number of carbonyl (C=O) groups excluding carboxylic acids is 1. The first-order valence-electron chi connectivity index (χ1n) is 4.39. The molecule has 1 aliphatic rings. The number of carbonyl (C=O) groups is 1. The van der Waals surface area contributed by atoms with Crippen molar-refractivity contribution in [1.82, 2.24) is 0 Å². The molecule has 2 rings (SSSR count). The summed E-state index contributed by atoms with van der Waals surface area (Å²) in [6.07, 6.45) is 4.01. The zero-order valence-electron chi connectivity index (χ0n) is 7.60. The maximum atomic E-state index is 11.0. The third kappa shape index (κ3) is 1.57. The second-order valence-corrected chi connectivity index (χ2v) is 3.11. The van der Waals surface area contributed by atoms with E-state index in [0.717, 1.165) is 11.3 Å². The van der Waals surface area contributed by atoms with Crippen molar-refractivity contribution in [3.8, 4) is 0 Å². The second-order valence-electron chi connectivity index (χ2n) is 3.11. The van der Waals surface area contributed by atoms with Gasteiger partial charge in [-0.25, -0.2) is 0 Å². The topological polar surface area (TPSA) is 55.5 Å². The van der Waals surface area contributed by atoms with Crippen molar-refractivity contribution in [2.24, 2.45) is 10.7 Å². The summed E-state index contributed by atoms with van der Waals surface area (Å²) in [5.41, 5.74) is 7.64. The lowest BCUT2D eigenvalue weighted by molar-refractivity contribution is -0.114. The molecular formula is C11H10N2O. The summed E-state index contributed by atoms with van der Waals surface area (Å²) >= 11 is 0. The highest BCUT2D eigenvalue weighted by Crippen LogP contribution is 2.24.